The lowest BCUT2D eigenvalue weighted by atomic mass is 10.2. The molecule has 0 aromatic heterocycles. The van der Waals surface area contributed by atoms with Gasteiger partial charge in [0.25, 0.3) is 0 Å². The van der Waals surface area contributed by atoms with Crippen molar-refractivity contribution in [2.24, 2.45) is 0 Å². The molecule has 0 heterocycles. The van der Waals surface area contributed by atoms with Crippen molar-refractivity contribution >= 4 is 26.0 Å². The fourth-order valence-electron chi connectivity index (χ4n) is 1.06. The maximum Gasteiger partial charge on any atom is 0.241 e. The normalized spacial score (nSPS) is 11.4. The Morgan fingerprint density at radius 1 is 1.44 bits per heavy atom. The van der Waals surface area contributed by atoms with Crippen molar-refractivity contribution in [1.82, 2.24) is 4.72 Å². The van der Waals surface area contributed by atoms with Crippen LogP contribution in [0.5, 0.6) is 0 Å². The zero-order valence-corrected chi connectivity index (χ0v) is 11.4. The zero-order valence-electron chi connectivity index (χ0n) is 9.03. The van der Waals surface area contributed by atoms with Crippen molar-refractivity contribution in [3.05, 3.63) is 40.9 Å². The predicted molar refractivity (Wildman–Crippen MR) is 68.8 cm³/mol. The molecule has 0 aliphatic carbocycles. The smallest absolute Gasteiger partial charge is 0.207 e. The van der Waals surface area contributed by atoms with Gasteiger partial charge in [0.2, 0.25) is 10.0 Å². The Morgan fingerprint density at radius 3 is 2.62 bits per heavy atom. The van der Waals surface area contributed by atoms with Crippen molar-refractivity contribution in [2.75, 3.05) is 6.54 Å². The van der Waals surface area contributed by atoms with E-state index in [1.807, 2.05) is 6.92 Å². The maximum atomic E-state index is 11.9. The topological polar surface area (TPSA) is 46.2 Å². The molecule has 0 aliphatic rings. The van der Waals surface area contributed by atoms with Gasteiger partial charge >= 0.3 is 0 Å². The SMILES string of the molecule is C=C(CC)CNS(=O)(=O)c1ccccc1Br. The van der Waals surface area contributed by atoms with Gasteiger partial charge in [0.1, 0.15) is 0 Å². The Kier molecular flexibility index (Phi) is 4.70. The van der Waals surface area contributed by atoms with Crippen LogP contribution >= 0.6 is 15.9 Å². The molecule has 0 fully saturated rings. The van der Waals surface area contributed by atoms with Gasteiger partial charge in [0, 0.05) is 11.0 Å². The molecular weight excluding hydrogens is 290 g/mol. The number of nitrogens with one attached hydrogen (secondary N) is 1. The lowest BCUT2D eigenvalue weighted by molar-refractivity contribution is 0.584. The summed E-state index contributed by atoms with van der Waals surface area (Å²) in [5.74, 6) is 0. The zero-order chi connectivity index (χ0) is 12.2. The Morgan fingerprint density at radius 2 is 2.06 bits per heavy atom. The van der Waals surface area contributed by atoms with E-state index in [1.54, 1.807) is 24.3 Å². The van der Waals surface area contributed by atoms with Crippen LogP contribution in [0.3, 0.4) is 0 Å². The third-order valence-electron chi connectivity index (χ3n) is 2.14. The minimum atomic E-state index is -3.45. The van der Waals surface area contributed by atoms with E-state index in [9.17, 15) is 8.42 Å². The molecule has 1 rings (SSSR count). The maximum absolute atomic E-state index is 11.9. The molecule has 3 nitrogen and oxygen atoms in total. The summed E-state index contributed by atoms with van der Waals surface area (Å²) in [5, 5.41) is 0. The van der Waals surface area contributed by atoms with Crippen LogP contribution in [-0.2, 0) is 10.0 Å². The second kappa shape index (κ2) is 5.61. The first-order valence-corrected chi connectivity index (χ1v) is 7.16. The molecule has 0 bridgehead atoms. The Bertz CT molecular complexity index is 483. The highest BCUT2D eigenvalue weighted by Gasteiger charge is 2.16. The minimum absolute atomic E-state index is 0.249. The molecule has 0 amide bonds. The molecule has 0 saturated carbocycles. The Labute approximate surface area is 105 Å². The van der Waals surface area contributed by atoms with Gasteiger partial charge in [-0.15, -0.1) is 0 Å². The summed E-state index contributed by atoms with van der Waals surface area (Å²) < 4.78 is 26.9. The van der Waals surface area contributed by atoms with Crippen LogP contribution in [0.1, 0.15) is 13.3 Å². The predicted octanol–water partition coefficient (Wildman–Crippen LogP) is 2.69. The van der Waals surface area contributed by atoms with Crippen LogP contribution in [0.4, 0.5) is 0 Å². The van der Waals surface area contributed by atoms with Crippen LogP contribution < -0.4 is 4.72 Å². The standard InChI is InChI=1S/C11H14BrNO2S/c1-3-9(2)8-13-16(14,15)11-7-5-4-6-10(11)12/h4-7,13H,2-3,8H2,1H3. The molecule has 5 heteroatoms. The van der Waals surface area contributed by atoms with Gasteiger partial charge in [-0.05, 0) is 34.5 Å². The summed E-state index contributed by atoms with van der Waals surface area (Å²) in [4.78, 5) is 0.249. The van der Waals surface area contributed by atoms with E-state index in [4.69, 9.17) is 0 Å². The second-order valence-electron chi connectivity index (χ2n) is 3.36. The van der Waals surface area contributed by atoms with Gasteiger partial charge in [-0.2, -0.15) is 0 Å². The largest absolute Gasteiger partial charge is 0.241 e. The molecule has 0 spiro atoms. The summed E-state index contributed by atoms with van der Waals surface area (Å²) in [6, 6.07) is 6.71. The molecular formula is C11H14BrNO2S. The summed E-state index contributed by atoms with van der Waals surface area (Å²) >= 11 is 3.21. The van der Waals surface area contributed by atoms with E-state index in [0.717, 1.165) is 12.0 Å². The van der Waals surface area contributed by atoms with E-state index in [-0.39, 0.29) is 11.4 Å². The van der Waals surface area contributed by atoms with E-state index < -0.39 is 10.0 Å². The number of hydrogen-bond donors (Lipinski definition) is 1. The van der Waals surface area contributed by atoms with Crippen LogP contribution in [0.25, 0.3) is 0 Å². The third-order valence-corrected chi connectivity index (χ3v) is 4.55. The summed E-state index contributed by atoms with van der Waals surface area (Å²) in [6.07, 6.45) is 0.762. The molecule has 0 aliphatic heterocycles. The van der Waals surface area contributed by atoms with Crippen LogP contribution in [0, 0.1) is 0 Å². The van der Waals surface area contributed by atoms with Crippen molar-refractivity contribution < 1.29 is 8.42 Å². The van der Waals surface area contributed by atoms with Gasteiger partial charge in [-0.25, -0.2) is 13.1 Å². The minimum Gasteiger partial charge on any atom is -0.207 e. The van der Waals surface area contributed by atoms with Crippen molar-refractivity contribution in [3.63, 3.8) is 0 Å². The monoisotopic (exact) mass is 303 g/mol. The van der Waals surface area contributed by atoms with Gasteiger partial charge in [0.15, 0.2) is 0 Å². The molecule has 0 radical (unpaired) electrons. The number of sulfonamides is 1. The molecule has 88 valence electrons. The van der Waals surface area contributed by atoms with Crippen LogP contribution in [0.15, 0.2) is 45.8 Å². The van der Waals surface area contributed by atoms with E-state index in [1.165, 1.54) is 0 Å². The molecule has 1 aromatic rings. The summed E-state index contributed by atoms with van der Waals surface area (Å²) in [5.41, 5.74) is 0.857. The second-order valence-corrected chi connectivity index (χ2v) is 5.95. The van der Waals surface area contributed by atoms with Gasteiger partial charge < -0.3 is 0 Å². The lowest BCUT2D eigenvalue weighted by Gasteiger charge is -2.08. The first kappa shape index (κ1) is 13.4. The van der Waals surface area contributed by atoms with Gasteiger partial charge in [-0.3, -0.25) is 0 Å². The van der Waals surface area contributed by atoms with Gasteiger partial charge in [-0.1, -0.05) is 31.2 Å². The summed E-state index contributed by atoms with van der Waals surface area (Å²) in [7, 11) is -3.45. The quantitative estimate of drug-likeness (QED) is 0.850. The molecule has 1 aromatic carbocycles. The first-order chi connectivity index (χ1) is 7.47. The number of halogens is 1. The third kappa shape index (κ3) is 3.43. The molecule has 0 unspecified atom stereocenters. The van der Waals surface area contributed by atoms with E-state index in [2.05, 4.69) is 27.2 Å². The molecule has 16 heavy (non-hydrogen) atoms. The Balaban J connectivity index is 2.87. The van der Waals surface area contributed by atoms with Gasteiger partial charge in [0.05, 0.1) is 4.90 Å². The fourth-order valence-corrected chi connectivity index (χ4v) is 3.12. The average molecular weight is 304 g/mol. The number of rotatable bonds is 5. The van der Waals surface area contributed by atoms with Crippen LogP contribution in [0.2, 0.25) is 0 Å². The van der Waals surface area contributed by atoms with E-state index in [0.29, 0.717) is 4.47 Å². The molecule has 1 N–H and O–H groups in total. The highest BCUT2D eigenvalue weighted by molar-refractivity contribution is 9.10. The summed E-state index contributed by atoms with van der Waals surface area (Å²) in [6.45, 7) is 5.97. The first-order valence-electron chi connectivity index (χ1n) is 4.88. The van der Waals surface area contributed by atoms with Crippen molar-refractivity contribution in [3.8, 4) is 0 Å². The van der Waals surface area contributed by atoms with E-state index >= 15 is 0 Å². The highest BCUT2D eigenvalue weighted by atomic mass is 79.9. The molecule has 0 atom stereocenters. The molecule has 0 saturated heterocycles. The average Bonchev–Trinajstić information content (AvgIpc) is 2.26. The van der Waals surface area contributed by atoms with Crippen molar-refractivity contribution in [1.29, 1.82) is 0 Å². The van der Waals surface area contributed by atoms with Crippen molar-refractivity contribution in [2.45, 2.75) is 18.2 Å². The Hall–Kier alpha value is -0.650. The number of benzene rings is 1. The van der Waals surface area contributed by atoms with Crippen LogP contribution in [-0.4, -0.2) is 15.0 Å². The number of hydrogen-bond acceptors (Lipinski definition) is 2. The fraction of sp³-hybridized carbons (Fsp3) is 0.273. The lowest BCUT2D eigenvalue weighted by Crippen LogP contribution is -2.25. The highest BCUT2D eigenvalue weighted by Crippen LogP contribution is 2.20.